The first-order chi connectivity index (χ1) is 12.0. The maximum atomic E-state index is 12.3. The van der Waals surface area contributed by atoms with Crippen molar-refractivity contribution in [2.45, 2.75) is 20.5 Å². The second-order valence-corrected chi connectivity index (χ2v) is 5.62. The molecular weight excluding hydrogens is 322 g/mol. The average Bonchev–Trinajstić information content (AvgIpc) is 3.18. The second-order valence-electron chi connectivity index (χ2n) is 5.62. The van der Waals surface area contributed by atoms with Gasteiger partial charge in [0.15, 0.2) is 0 Å². The van der Waals surface area contributed by atoms with Crippen LogP contribution in [0.15, 0.2) is 34.9 Å². The zero-order valence-electron chi connectivity index (χ0n) is 14.6. The van der Waals surface area contributed by atoms with E-state index in [9.17, 15) is 4.79 Å². The van der Waals surface area contributed by atoms with Gasteiger partial charge in [-0.05, 0) is 38.1 Å². The maximum Gasteiger partial charge on any atom is 0.342 e. The van der Waals surface area contributed by atoms with Gasteiger partial charge >= 0.3 is 5.97 Å². The number of carbonyl (C=O) groups excluding carboxylic acids is 1. The Hall–Kier alpha value is -3.09. The smallest absolute Gasteiger partial charge is 0.342 e. The lowest BCUT2D eigenvalue weighted by Crippen LogP contribution is -2.08. The van der Waals surface area contributed by atoms with Gasteiger partial charge in [0.05, 0.1) is 12.8 Å². The number of hydrogen-bond acceptors (Lipinski definition) is 6. The van der Waals surface area contributed by atoms with Crippen LogP contribution in [0.2, 0.25) is 0 Å². The minimum atomic E-state index is -0.419. The number of rotatable bonds is 5. The number of ether oxygens (including phenoxy) is 2. The van der Waals surface area contributed by atoms with Crippen LogP contribution < -0.4 is 4.74 Å². The van der Waals surface area contributed by atoms with Crippen LogP contribution in [-0.2, 0) is 18.4 Å². The summed E-state index contributed by atoms with van der Waals surface area (Å²) in [6.45, 7) is 3.64. The van der Waals surface area contributed by atoms with Crippen molar-refractivity contribution in [2.24, 2.45) is 7.05 Å². The summed E-state index contributed by atoms with van der Waals surface area (Å²) in [5, 5.41) is 4.22. The Kier molecular flexibility index (Phi) is 4.56. The van der Waals surface area contributed by atoms with Gasteiger partial charge in [-0.1, -0.05) is 0 Å². The van der Waals surface area contributed by atoms with Crippen LogP contribution in [0.5, 0.6) is 5.75 Å². The minimum Gasteiger partial charge on any atom is -0.497 e. The lowest BCUT2D eigenvalue weighted by Gasteiger charge is -2.03. The minimum absolute atomic E-state index is 0.0340. The van der Waals surface area contributed by atoms with Crippen LogP contribution >= 0.6 is 0 Å². The van der Waals surface area contributed by atoms with Crippen molar-refractivity contribution >= 4 is 5.97 Å². The molecule has 0 spiro atoms. The third-order valence-electron chi connectivity index (χ3n) is 3.95. The fraction of sp³-hybridized carbons (Fsp3) is 0.278. The molecule has 3 aromatic rings. The van der Waals surface area contributed by atoms with Crippen LogP contribution in [0.3, 0.4) is 0 Å². The van der Waals surface area contributed by atoms with E-state index < -0.39 is 5.97 Å². The van der Waals surface area contributed by atoms with Gasteiger partial charge < -0.3 is 13.9 Å². The molecule has 0 N–H and O–H groups in total. The first kappa shape index (κ1) is 16.8. The van der Waals surface area contributed by atoms with Crippen molar-refractivity contribution in [3.8, 4) is 17.2 Å². The molecule has 0 aliphatic rings. The Morgan fingerprint density at radius 1 is 1.24 bits per heavy atom. The molecule has 3 rings (SSSR count). The van der Waals surface area contributed by atoms with Gasteiger partial charge in [0.25, 0.3) is 0 Å². The molecule has 0 amide bonds. The third kappa shape index (κ3) is 3.40. The molecule has 2 aromatic heterocycles. The molecule has 7 nitrogen and oxygen atoms in total. The van der Waals surface area contributed by atoms with E-state index in [1.165, 1.54) is 6.26 Å². The molecule has 7 heteroatoms. The largest absolute Gasteiger partial charge is 0.497 e. The first-order valence-electron chi connectivity index (χ1n) is 7.75. The highest BCUT2D eigenvalue weighted by Gasteiger charge is 2.19. The zero-order valence-corrected chi connectivity index (χ0v) is 14.6. The Balaban J connectivity index is 1.68. The number of aryl methyl sites for hydroxylation is 2. The van der Waals surface area contributed by atoms with Crippen molar-refractivity contribution in [3.63, 3.8) is 0 Å². The highest BCUT2D eigenvalue weighted by Crippen LogP contribution is 2.22. The quantitative estimate of drug-likeness (QED) is 0.664. The second kappa shape index (κ2) is 6.80. The van der Waals surface area contributed by atoms with Gasteiger partial charge in [-0.2, -0.15) is 5.10 Å². The fourth-order valence-electron chi connectivity index (χ4n) is 2.52. The van der Waals surface area contributed by atoms with Crippen LogP contribution in [0.4, 0.5) is 0 Å². The molecule has 0 unspecified atom stereocenters. The zero-order chi connectivity index (χ0) is 18.0. The molecule has 1 aromatic carbocycles. The molecule has 25 heavy (non-hydrogen) atoms. The monoisotopic (exact) mass is 341 g/mol. The van der Waals surface area contributed by atoms with Crippen LogP contribution in [-0.4, -0.2) is 27.8 Å². The molecule has 0 saturated carbocycles. The van der Waals surface area contributed by atoms with Gasteiger partial charge in [0.2, 0.25) is 5.89 Å². The van der Waals surface area contributed by atoms with Crippen LogP contribution in [0, 0.1) is 13.8 Å². The number of aromatic nitrogens is 3. The highest BCUT2D eigenvalue weighted by molar-refractivity contribution is 5.91. The van der Waals surface area contributed by atoms with Gasteiger partial charge in [0.1, 0.15) is 29.9 Å². The standard InChI is InChI=1S/C18H19N3O4/c1-11-16(12(2)21(3)20-11)18(22)25-10-14-9-24-17(19-14)13-5-7-15(23-4)8-6-13/h5-9H,10H2,1-4H3. The molecule has 0 fully saturated rings. The molecule has 0 radical (unpaired) electrons. The molecule has 130 valence electrons. The highest BCUT2D eigenvalue weighted by atomic mass is 16.5. The van der Waals surface area contributed by atoms with E-state index >= 15 is 0 Å². The van der Waals surface area contributed by atoms with Crippen LogP contribution in [0.1, 0.15) is 27.4 Å². The topological polar surface area (TPSA) is 79.4 Å². The lowest BCUT2D eigenvalue weighted by atomic mass is 10.2. The van der Waals surface area contributed by atoms with E-state index in [0.29, 0.717) is 22.8 Å². The van der Waals surface area contributed by atoms with Crippen molar-refractivity contribution in [3.05, 3.63) is 53.2 Å². The van der Waals surface area contributed by atoms with Crippen molar-refractivity contribution in [1.82, 2.24) is 14.8 Å². The lowest BCUT2D eigenvalue weighted by molar-refractivity contribution is 0.0466. The summed E-state index contributed by atoms with van der Waals surface area (Å²) < 4.78 is 17.6. The first-order valence-corrected chi connectivity index (χ1v) is 7.75. The van der Waals surface area contributed by atoms with E-state index in [1.54, 1.807) is 25.8 Å². The number of hydrogen-bond donors (Lipinski definition) is 0. The molecular formula is C18H19N3O4. The van der Waals surface area contributed by atoms with Gasteiger partial charge in [-0.25, -0.2) is 9.78 Å². The van der Waals surface area contributed by atoms with Gasteiger partial charge in [-0.3, -0.25) is 4.68 Å². The van der Waals surface area contributed by atoms with Crippen molar-refractivity contribution in [1.29, 1.82) is 0 Å². The maximum absolute atomic E-state index is 12.3. The SMILES string of the molecule is COc1ccc(-c2nc(COC(=O)c3c(C)nn(C)c3C)co2)cc1. The summed E-state index contributed by atoms with van der Waals surface area (Å²) in [6, 6.07) is 7.35. The van der Waals surface area contributed by atoms with E-state index in [2.05, 4.69) is 10.1 Å². The molecule has 0 atom stereocenters. The number of methoxy groups -OCH3 is 1. The molecule has 2 heterocycles. The Labute approximate surface area is 145 Å². The summed E-state index contributed by atoms with van der Waals surface area (Å²) in [5.41, 5.74) is 3.25. The molecule has 0 saturated heterocycles. The molecule has 0 aliphatic carbocycles. The summed E-state index contributed by atoms with van der Waals surface area (Å²) in [4.78, 5) is 16.6. The molecule has 0 aliphatic heterocycles. The number of benzene rings is 1. The predicted molar refractivity (Wildman–Crippen MR) is 90.3 cm³/mol. The summed E-state index contributed by atoms with van der Waals surface area (Å²) >= 11 is 0. The van der Waals surface area contributed by atoms with Gasteiger partial charge in [0, 0.05) is 18.3 Å². The third-order valence-corrected chi connectivity index (χ3v) is 3.95. The Morgan fingerprint density at radius 2 is 1.96 bits per heavy atom. The van der Waals surface area contributed by atoms with Crippen molar-refractivity contribution < 1.29 is 18.7 Å². The number of oxazole rings is 1. The predicted octanol–water partition coefficient (Wildman–Crippen LogP) is 3.06. The van der Waals surface area contributed by atoms with E-state index in [4.69, 9.17) is 13.9 Å². The number of carbonyl (C=O) groups is 1. The Morgan fingerprint density at radius 3 is 2.56 bits per heavy atom. The van der Waals surface area contributed by atoms with E-state index in [0.717, 1.165) is 17.0 Å². The number of nitrogens with zero attached hydrogens (tertiary/aromatic N) is 3. The summed E-state index contributed by atoms with van der Waals surface area (Å²) in [5.74, 6) is 0.797. The van der Waals surface area contributed by atoms with E-state index in [-0.39, 0.29) is 6.61 Å². The normalized spacial score (nSPS) is 10.7. The average molecular weight is 341 g/mol. The fourth-order valence-corrected chi connectivity index (χ4v) is 2.52. The van der Waals surface area contributed by atoms with E-state index in [1.807, 2.05) is 31.2 Å². The molecule has 0 bridgehead atoms. The summed E-state index contributed by atoms with van der Waals surface area (Å²) in [6.07, 6.45) is 1.48. The van der Waals surface area contributed by atoms with Gasteiger partial charge in [-0.15, -0.1) is 0 Å². The van der Waals surface area contributed by atoms with Crippen LogP contribution in [0.25, 0.3) is 11.5 Å². The van der Waals surface area contributed by atoms with Crippen molar-refractivity contribution in [2.75, 3.05) is 7.11 Å². The Bertz CT molecular complexity index is 894. The number of esters is 1. The summed E-state index contributed by atoms with van der Waals surface area (Å²) in [7, 11) is 3.40.